The number of aromatic nitrogens is 4. The Kier molecular flexibility index (Phi) is 8.71. The number of methoxy groups -OCH3 is 1. The van der Waals surface area contributed by atoms with E-state index in [4.69, 9.17) is 15.2 Å². The van der Waals surface area contributed by atoms with Crippen molar-refractivity contribution < 1.29 is 9.47 Å². The molecule has 0 saturated carbocycles. The van der Waals surface area contributed by atoms with Crippen molar-refractivity contribution in [1.82, 2.24) is 29.3 Å². The Morgan fingerprint density at radius 2 is 1.74 bits per heavy atom. The highest BCUT2D eigenvalue weighted by Crippen LogP contribution is 2.27. The smallest absolute Gasteiger partial charge is 0.320 e. The zero-order chi connectivity index (χ0) is 22.2. The molecular weight excluding hydrogens is 394 g/mol. The number of hydrogen-bond acceptors (Lipinski definition) is 8. The summed E-state index contributed by atoms with van der Waals surface area (Å²) in [5.74, 6) is 0.329. The summed E-state index contributed by atoms with van der Waals surface area (Å²) in [6.45, 7) is 13.5. The molecule has 174 valence electrons. The Morgan fingerprint density at radius 3 is 2.39 bits per heavy atom. The average molecular weight is 434 g/mol. The first-order chi connectivity index (χ1) is 15.1. The number of piperazine rings is 1. The number of nitrogens with two attached hydrogens (primary N) is 1. The quantitative estimate of drug-likeness (QED) is 0.511. The monoisotopic (exact) mass is 433 g/mol. The van der Waals surface area contributed by atoms with Crippen LogP contribution in [0.25, 0.3) is 11.2 Å². The van der Waals surface area contributed by atoms with Crippen LogP contribution in [0.1, 0.15) is 52.9 Å². The molecule has 0 amide bonds. The van der Waals surface area contributed by atoms with Gasteiger partial charge in [0.15, 0.2) is 17.0 Å². The van der Waals surface area contributed by atoms with E-state index in [1.165, 1.54) is 12.8 Å². The molecule has 0 radical (unpaired) electrons. The Balaban J connectivity index is 1.88. The largest absolute Gasteiger partial charge is 0.468 e. The van der Waals surface area contributed by atoms with Gasteiger partial charge in [-0.15, -0.1) is 0 Å². The highest BCUT2D eigenvalue weighted by Gasteiger charge is 2.26. The molecule has 9 nitrogen and oxygen atoms in total. The molecule has 2 N–H and O–H groups in total. The van der Waals surface area contributed by atoms with Gasteiger partial charge in [0.25, 0.3) is 6.01 Å². The van der Waals surface area contributed by atoms with Crippen molar-refractivity contribution in [2.24, 2.45) is 0 Å². The van der Waals surface area contributed by atoms with Gasteiger partial charge < -0.3 is 20.1 Å². The van der Waals surface area contributed by atoms with Crippen LogP contribution in [0.4, 0.5) is 5.82 Å². The molecule has 0 aromatic carbocycles. The summed E-state index contributed by atoms with van der Waals surface area (Å²) in [5, 5.41) is 0. The van der Waals surface area contributed by atoms with Crippen LogP contribution in [0.15, 0.2) is 0 Å². The van der Waals surface area contributed by atoms with E-state index in [1.54, 1.807) is 7.11 Å². The van der Waals surface area contributed by atoms with Gasteiger partial charge in [0.2, 0.25) is 0 Å². The van der Waals surface area contributed by atoms with E-state index in [0.29, 0.717) is 41.7 Å². The van der Waals surface area contributed by atoms with E-state index < -0.39 is 0 Å². The second kappa shape index (κ2) is 11.5. The van der Waals surface area contributed by atoms with Gasteiger partial charge in [-0.05, 0) is 19.4 Å². The fourth-order valence-corrected chi connectivity index (χ4v) is 4.16. The number of rotatable bonds is 12. The van der Waals surface area contributed by atoms with E-state index in [1.807, 2.05) is 4.57 Å². The number of ether oxygens (including phenoxy) is 2. The molecule has 3 heterocycles. The van der Waals surface area contributed by atoms with Crippen LogP contribution in [0, 0.1) is 0 Å². The molecule has 31 heavy (non-hydrogen) atoms. The maximum absolute atomic E-state index is 6.20. The van der Waals surface area contributed by atoms with Crippen molar-refractivity contribution in [1.29, 1.82) is 0 Å². The Bertz CT molecular complexity index is 818. The van der Waals surface area contributed by atoms with Crippen molar-refractivity contribution in [3.63, 3.8) is 0 Å². The minimum atomic E-state index is 0.309. The third-order valence-corrected chi connectivity index (χ3v) is 6.13. The molecule has 2 aromatic heterocycles. The highest BCUT2D eigenvalue weighted by molar-refractivity contribution is 5.83. The van der Waals surface area contributed by atoms with Gasteiger partial charge in [0.1, 0.15) is 0 Å². The molecule has 3 rings (SSSR count). The van der Waals surface area contributed by atoms with E-state index in [0.717, 1.165) is 58.5 Å². The first kappa shape index (κ1) is 23.5. The molecule has 0 bridgehead atoms. The van der Waals surface area contributed by atoms with Gasteiger partial charge in [0, 0.05) is 38.8 Å². The van der Waals surface area contributed by atoms with Crippen molar-refractivity contribution >= 4 is 17.0 Å². The van der Waals surface area contributed by atoms with Crippen molar-refractivity contribution in [2.75, 3.05) is 52.2 Å². The zero-order valence-electron chi connectivity index (χ0n) is 19.6. The standard InChI is InChI=1S/C22H39N7O2/c1-5-8-10-17(28-13-11-27(7-3)12-14-28)16-29-20-18(24-22(29)30-4)19(23)25-21(26-20)31-15-9-6-2/h17H,5-16H2,1-4H3,(H2,23,25,26). The van der Waals surface area contributed by atoms with Crippen molar-refractivity contribution in [2.45, 2.75) is 65.5 Å². The lowest BCUT2D eigenvalue weighted by Gasteiger charge is -2.39. The van der Waals surface area contributed by atoms with Crippen LogP contribution in [0.2, 0.25) is 0 Å². The third-order valence-electron chi connectivity index (χ3n) is 6.13. The van der Waals surface area contributed by atoms with Crippen LogP contribution in [0.5, 0.6) is 12.0 Å². The minimum absolute atomic E-state index is 0.309. The van der Waals surface area contributed by atoms with Gasteiger partial charge in [-0.2, -0.15) is 15.0 Å². The lowest BCUT2D eigenvalue weighted by molar-refractivity contribution is 0.0853. The van der Waals surface area contributed by atoms with Crippen LogP contribution in [0.3, 0.4) is 0 Å². The fourth-order valence-electron chi connectivity index (χ4n) is 4.16. The second-order valence-electron chi connectivity index (χ2n) is 8.24. The zero-order valence-corrected chi connectivity index (χ0v) is 19.6. The molecule has 1 atom stereocenters. The van der Waals surface area contributed by atoms with Gasteiger partial charge in [-0.1, -0.05) is 40.0 Å². The predicted molar refractivity (Wildman–Crippen MR) is 124 cm³/mol. The molecule has 0 aliphatic carbocycles. The minimum Gasteiger partial charge on any atom is -0.468 e. The number of hydrogen-bond donors (Lipinski definition) is 1. The van der Waals surface area contributed by atoms with Gasteiger partial charge in [-0.3, -0.25) is 9.47 Å². The Hall–Kier alpha value is -2.13. The summed E-state index contributed by atoms with van der Waals surface area (Å²) >= 11 is 0. The summed E-state index contributed by atoms with van der Waals surface area (Å²) in [4.78, 5) is 18.7. The van der Waals surface area contributed by atoms with E-state index in [9.17, 15) is 0 Å². The van der Waals surface area contributed by atoms with Gasteiger partial charge in [0.05, 0.1) is 13.7 Å². The number of nitrogens with zero attached hydrogens (tertiary/aromatic N) is 6. The molecule has 1 aliphatic heterocycles. The third kappa shape index (κ3) is 5.77. The lowest BCUT2D eigenvalue weighted by atomic mass is 10.1. The Labute approximate surface area is 185 Å². The van der Waals surface area contributed by atoms with Crippen LogP contribution in [-0.4, -0.2) is 81.8 Å². The number of nitrogen functional groups attached to an aromatic ring is 1. The van der Waals surface area contributed by atoms with Gasteiger partial charge in [-0.25, -0.2) is 0 Å². The topological polar surface area (TPSA) is 94.6 Å². The molecule has 9 heteroatoms. The Morgan fingerprint density at radius 1 is 1.00 bits per heavy atom. The van der Waals surface area contributed by atoms with E-state index >= 15 is 0 Å². The summed E-state index contributed by atoms with van der Waals surface area (Å²) in [6, 6.07) is 1.23. The van der Waals surface area contributed by atoms with Crippen LogP contribution in [-0.2, 0) is 6.54 Å². The number of likely N-dealkylation sites (N-methyl/N-ethyl adjacent to an activating group) is 1. The molecule has 1 unspecified atom stereocenters. The first-order valence-electron chi connectivity index (χ1n) is 11.8. The SMILES string of the molecule is CCCCOc1nc(N)c2nc(OC)n(CC(CCCC)N3CCN(CC)CC3)c2n1. The van der Waals surface area contributed by atoms with Crippen molar-refractivity contribution in [3.8, 4) is 12.0 Å². The van der Waals surface area contributed by atoms with E-state index in [2.05, 4.69) is 45.5 Å². The second-order valence-corrected chi connectivity index (χ2v) is 8.24. The maximum Gasteiger partial charge on any atom is 0.320 e. The molecule has 2 aromatic rings. The lowest BCUT2D eigenvalue weighted by Crippen LogP contribution is -2.51. The molecule has 1 saturated heterocycles. The summed E-state index contributed by atoms with van der Waals surface area (Å²) in [5.41, 5.74) is 7.46. The summed E-state index contributed by atoms with van der Waals surface area (Å²) in [6.07, 6.45) is 5.50. The number of fused-ring (bicyclic) bond motifs is 1. The molecular formula is C22H39N7O2. The normalized spacial score (nSPS) is 16.6. The maximum atomic E-state index is 6.20. The summed E-state index contributed by atoms with van der Waals surface area (Å²) < 4.78 is 13.4. The average Bonchev–Trinajstić information content (AvgIpc) is 3.15. The number of imidazole rings is 1. The molecule has 1 fully saturated rings. The fraction of sp³-hybridized carbons (Fsp3) is 0.773. The van der Waals surface area contributed by atoms with Crippen molar-refractivity contribution in [3.05, 3.63) is 0 Å². The first-order valence-corrected chi connectivity index (χ1v) is 11.8. The summed E-state index contributed by atoms with van der Waals surface area (Å²) in [7, 11) is 1.64. The predicted octanol–water partition coefficient (Wildman–Crippen LogP) is 2.79. The molecule has 1 aliphatic rings. The molecule has 0 spiro atoms. The number of anilines is 1. The highest BCUT2D eigenvalue weighted by atomic mass is 16.5. The van der Waals surface area contributed by atoms with Crippen LogP contribution < -0.4 is 15.2 Å². The van der Waals surface area contributed by atoms with Gasteiger partial charge >= 0.3 is 6.01 Å². The van der Waals surface area contributed by atoms with E-state index in [-0.39, 0.29) is 0 Å². The number of unbranched alkanes of at least 4 members (excludes halogenated alkanes) is 2. The van der Waals surface area contributed by atoms with Crippen LogP contribution >= 0.6 is 0 Å².